The van der Waals surface area contributed by atoms with Crippen LogP contribution in [-0.4, -0.2) is 31.9 Å². The highest BCUT2D eigenvalue weighted by Gasteiger charge is 2.59. The van der Waals surface area contributed by atoms with E-state index in [4.69, 9.17) is 9.47 Å². The topological polar surface area (TPSA) is 61.8 Å². The molecule has 0 N–H and O–H groups in total. The van der Waals surface area contributed by atoms with Crippen molar-refractivity contribution in [3.05, 3.63) is 0 Å². The average molecular weight is 379 g/mol. The zero-order chi connectivity index (χ0) is 20.3. The van der Waals surface area contributed by atoms with Crippen molar-refractivity contribution in [3.63, 3.8) is 0 Å². The number of fused-ring (bicyclic) bond motifs is 1. The summed E-state index contributed by atoms with van der Waals surface area (Å²) in [7, 11) is 2.68. The van der Waals surface area contributed by atoms with Gasteiger partial charge in [0, 0.05) is 18.3 Å². The number of esters is 1. The maximum absolute atomic E-state index is 11.9. The van der Waals surface area contributed by atoms with E-state index in [0.29, 0.717) is 12.3 Å². The first kappa shape index (κ1) is 21.6. The lowest BCUT2D eigenvalue weighted by molar-refractivity contribution is -0.176. The number of hydrogen-bond acceptors (Lipinski definition) is 5. The van der Waals surface area contributed by atoms with Gasteiger partial charge in [-0.3, -0.25) is 0 Å². The summed E-state index contributed by atoms with van der Waals surface area (Å²) < 4.78 is 15.2. The molecule has 2 aliphatic rings. The molecule has 5 nitrogen and oxygen atoms in total. The molecular formula is C22H34O5. The molecule has 152 valence electrons. The molecule has 0 aliphatic heterocycles. The van der Waals surface area contributed by atoms with E-state index in [1.165, 1.54) is 27.1 Å². The van der Waals surface area contributed by atoms with E-state index >= 15 is 0 Å². The fourth-order valence-corrected chi connectivity index (χ4v) is 6.00. The van der Waals surface area contributed by atoms with Gasteiger partial charge in [0.25, 0.3) is 0 Å². The van der Waals surface area contributed by atoms with Gasteiger partial charge in [-0.2, -0.15) is 0 Å². The molecule has 2 saturated carbocycles. The molecule has 0 spiro atoms. The van der Waals surface area contributed by atoms with Crippen LogP contribution in [0.15, 0.2) is 0 Å². The van der Waals surface area contributed by atoms with Gasteiger partial charge in [0.05, 0.1) is 14.2 Å². The maximum Gasteiger partial charge on any atom is 0.508 e. The SMILES string of the molecule is COC(=O)C#CCC[C@@H]1[C@@]2(C)CCCC(C)(C)[C@@H]2CC[C@]1(C)OC(=O)OC. The van der Waals surface area contributed by atoms with Crippen LogP contribution >= 0.6 is 0 Å². The molecule has 2 aliphatic carbocycles. The van der Waals surface area contributed by atoms with E-state index in [1.54, 1.807) is 0 Å². The Morgan fingerprint density at radius 2 is 1.74 bits per heavy atom. The molecule has 0 amide bonds. The Labute approximate surface area is 163 Å². The number of ether oxygens (including phenoxy) is 3. The largest absolute Gasteiger partial charge is 0.508 e. The number of rotatable bonds is 3. The molecule has 4 atom stereocenters. The summed E-state index contributed by atoms with van der Waals surface area (Å²) in [5.41, 5.74) is -0.246. The summed E-state index contributed by atoms with van der Waals surface area (Å²) in [6.07, 6.45) is 6.12. The second-order valence-corrected chi connectivity index (χ2v) is 9.19. The van der Waals surface area contributed by atoms with Gasteiger partial charge in [0.15, 0.2) is 0 Å². The minimum absolute atomic E-state index is 0.0652. The Kier molecular flexibility index (Phi) is 6.50. The molecule has 0 bridgehead atoms. The molecule has 0 aromatic heterocycles. The number of methoxy groups -OCH3 is 2. The fourth-order valence-electron chi connectivity index (χ4n) is 6.00. The Morgan fingerprint density at radius 3 is 2.37 bits per heavy atom. The van der Waals surface area contributed by atoms with Crippen molar-refractivity contribution in [2.75, 3.05) is 14.2 Å². The standard InChI is InChI=1S/C22H34O5/c1-20(2)13-9-14-21(3)16(20)12-15-22(4,27-19(24)26-6)17(21)10-7-8-11-18(23)25-5/h16-17H,7,9-10,12-15H2,1-6H3/t16-,17+,21-,22-/m0/s1. The lowest BCUT2D eigenvalue weighted by atomic mass is 9.45. The lowest BCUT2D eigenvalue weighted by Gasteiger charge is -2.61. The molecular weight excluding hydrogens is 344 g/mol. The fraction of sp³-hybridized carbons (Fsp3) is 0.818. The Morgan fingerprint density at radius 1 is 1.04 bits per heavy atom. The van der Waals surface area contributed by atoms with Crippen LogP contribution in [0.4, 0.5) is 4.79 Å². The van der Waals surface area contributed by atoms with Crippen LogP contribution in [0, 0.1) is 34.5 Å². The van der Waals surface area contributed by atoms with Crippen molar-refractivity contribution < 1.29 is 23.8 Å². The summed E-state index contributed by atoms with van der Waals surface area (Å²) in [6, 6.07) is 0. The highest BCUT2D eigenvalue weighted by Crippen LogP contribution is 2.63. The molecule has 0 unspecified atom stereocenters. The van der Waals surface area contributed by atoms with Crippen LogP contribution in [0.1, 0.15) is 72.6 Å². The predicted molar refractivity (Wildman–Crippen MR) is 103 cm³/mol. The molecule has 0 saturated heterocycles. The van der Waals surface area contributed by atoms with E-state index in [9.17, 15) is 9.59 Å². The van der Waals surface area contributed by atoms with Crippen molar-refractivity contribution in [1.82, 2.24) is 0 Å². The highest BCUT2D eigenvalue weighted by molar-refractivity contribution is 5.88. The third-order valence-electron chi connectivity index (χ3n) is 7.16. The van der Waals surface area contributed by atoms with E-state index < -0.39 is 17.7 Å². The molecule has 27 heavy (non-hydrogen) atoms. The molecule has 0 aromatic rings. The van der Waals surface area contributed by atoms with E-state index in [1.807, 2.05) is 6.92 Å². The van der Waals surface area contributed by atoms with Gasteiger partial charge in [0.1, 0.15) is 5.60 Å². The first-order valence-corrected chi connectivity index (χ1v) is 9.93. The van der Waals surface area contributed by atoms with Crippen molar-refractivity contribution in [3.8, 4) is 11.8 Å². The molecule has 0 radical (unpaired) electrons. The van der Waals surface area contributed by atoms with Gasteiger partial charge in [-0.05, 0) is 55.8 Å². The van der Waals surface area contributed by atoms with Crippen molar-refractivity contribution in [1.29, 1.82) is 0 Å². The Hall–Kier alpha value is -1.70. The van der Waals surface area contributed by atoms with E-state index in [2.05, 4.69) is 37.3 Å². The van der Waals surface area contributed by atoms with Crippen LogP contribution in [0.3, 0.4) is 0 Å². The number of carbonyl (C=O) groups excluding carboxylic acids is 2. The molecule has 0 aromatic carbocycles. The summed E-state index contributed by atoms with van der Waals surface area (Å²) in [4.78, 5) is 23.2. The summed E-state index contributed by atoms with van der Waals surface area (Å²) in [6.45, 7) is 9.13. The minimum Gasteiger partial charge on any atom is -0.459 e. The smallest absolute Gasteiger partial charge is 0.459 e. The average Bonchev–Trinajstić information content (AvgIpc) is 2.59. The van der Waals surface area contributed by atoms with Gasteiger partial charge in [-0.25, -0.2) is 9.59 Å². The molecule has 2 rings (SSSR count). The normalized spacial score (nSPS) is 34.4. The van der Waals surface area contributed by atoms with Crippen LogP contribution in [-0.2, 0) is 19.0 Å². The number of hydrogen-bond donors (Lipinski definition) is 0. The first-order chi connectivity index (χ1) is 12.6. The van der Waals surface area contributed by atoms with Crippen LogP contribution in [0.5, 0.6) is 0 Å². The van der Waals surface area contributed by atoms with Crippen molar-refractivity contribution >= 4 is 12.1 Å². The highest BCUT2D eigenvalue weighted by atomic mass is 16.7. The lowest BCUT2D eigenvalue weighted by Crippen LogP contribution is -2.58. The number of carbonyl (C=O) groups is 2. The van der Waals surface area contributed by atoms with Gasteiger partial charge in [0.2, 0.25) is 0 Å². The van der Waals surface area contributed by atoms with Gasteiger partial charge < -0.3 is 14.2 Å². The van der Waals surface area contributed by atoms with Gasteiger partial charge >= 0.3 is 12.1 Å². The predicted octanol–water partition coefficient (Wildman–Crippen LogP) is 4.73. The quantitative estimate of drug-likeness (QED) is 0.404. The third-order valence-corrected chi connectivity index (χ3v) is 7.16. The monoisotopic (exact) mass is 378 g/mol. The minimum atomic E-state index is -0.625. The second kappa shape index (κ2) is 8.12. The van der Waals surface area contributed by atoms with Crippen molar-refractivity contribution in [2.45, 2.75) is 78.2 Å². The zero-order valence-corrected chi connectivity index (χ0v) is 17.6. The van der Waals surface area contributed by atoms with Crippen LogP contribution in [0.25, 0.3) is 0 Å². The summed E-state index contributed by atoms with van der Waals surface area (Å²) >= 11 is 0. The van der Waals surface area contributed by atoms with Crippen molar-refractivity contribution in [2.24, 2.45) is 22.7 Å². The van der Waals surface area contributed by atoms with Crippen LogP contribution in [0.2, 0.25) is 0 Å². The first-order valence-electron chi connectivity index (χ1n) is 9.93. The molecule has 0 heterocycles. The summed E-state index contributed by atoms with van der Waals surface area (Å²) in [5, 5.41) is 0. The van der Waals surface area contributed by atoms with Gasteiger partial charge in [-0.1, -0.05) is 33.1 Å². The zero-order valence-electron chi connectivity index (χ0n) is 17.6. The third kappa shape index (κ3) is 4.42. The maximum atomic E-state index is 11.9. The molecule has 5 heteroatoms. The Bertz CT molecular complexity index is 628. The van der Waals surface area contributed by atoms with E-state index in [0.717, 1.165) is 25.7 Å². The second-order valence-electron chi connectivity index (χ2n) is 9.19. The summed E-state index contributed by atoms with van der Waals surface area (Å²) in [5.74, 6) is 5.65. The van der Waals surface area contributed by atoms with Crippen LogP contribution < -0.4 is 0 Å². The van der Waals surface area contributed by atoms with Gasteiger partial charge in [-0.15, -0.1) is 0 Å². The Balaban J connectivity index is 2.31. The molecule has 2 fully saturated rings. The van der Waals surface area contributed by atoms with E-state index in [-0.39, 0.29) is 16.7 Å².